The van der Waals surface area contributed by atoms with Gasteiger partial charge in [-0.25, -0.2) is 0 Å². The summed E-state index contributed by atoms with van der Waals surface area (Å²) in [7, 11) is 0. The van der Waals surface area contributed by atoms with Crippen molar-refractivity contribution < 1.29 is 9.47 Å². The number of para-hydroxylation sites is 5. The minimum Gasteiger partial charge on any atom is -0.458 e. The van der Waals surface area contributed by atoms with Crippen molar-refractivity contribution >= 4 is 88.5 Å². The zero-order chi connectivity index (χ0) is 40.8. The summed E-state index contributed by atoms with van der Waals surface area (Å²) in [6.45, 7) is 4.25. The normalized spacial score (nSPS) is 12.9. The molecule has 0 aliphatic carbocycles. The number of hydrogen-bond acceptors (Lipinski definition) is 2. The molecular weight excluding hydrogens is 757 g/mol. The predicted octanol–water partition coefficient (Wildman–Crippen LogP) is 12.3. The Morgan fingerprint density at radius 2 is 0.726 bits per heavy atom. The summed E-state index contributed by atoms with van der Waals surface area (Å²) < 4.78 is 21.5. The van der Waals surface area contributed by atoms with Crippen LogP contribution in [0.2, 0.25) is 0 Å². The molecule has 290 valence electrons. The lowest BCUT2D eigenvalue weighted by Gasteiger charge is -2.33. The van der Waals surface area contributed by atoms with Crippen molar-refractivity contribution in [3.63, 3.8) is 0 Å². The minimum atomic E-state index is -0.0161. The van der Waals surface area contributed by atoms with Crippen molar-refractivity contribution in [3.8, 4) is 40.1 Å². The predicted molar refractivity (Wildman–Crippen MR) is 257 cm³/mol. The first kappa shape index (κ1) is 33.8. The fraction of sp³-hybridized carbons (Fsp3) is 0.0357. The number of fused-ring (bicyclic) bond motifs is 16. The second-order valence-electron chi connectivity index (χ2n) is 17.0. The van der Waals surface area contributed by atoms with Gasteiger partial charge in [0.1, 0.15) is 23.0 Å². The third kappa shape index (κ3) is 4.43. The fourth-order valence-electron chi connectivity index (χ4n) is 10.9. The highest BCUT2D eigenvalue weighted by Crippen LogP contribution is 2.51. The lowest BCUT2D eigenvalue weighted by Crippen LogP contribution is -2.57. The van der Waals surface area contributed by atoms with Gasteiger partial charge in [-0.05, 0) is 90.5 Å². The SMILES string of the molecule is Cc1ccc2c(c1)Oc1cc(-n3c4ccccc4c4c5c(c6ccccc6n5-c5ccccc5)c5c(c6ccccc6n5-c5ccccc5)c43)cc3c1B2c1ccc(C)cc1O3. The van der Waals surface area contributed by atoms with E-state index in [0.29, 0.717) is 0 Å². The Bertz CT molecular complexity index is 3750. The molecule has 0 amide bonds. The van der Waals surface area contributed by atoms with Crippen LogP contribution in [0.4, 0.5) is 0 Å². The summed E-state index contributed by atoms with van der Waals surface area (Å²) in [6, 6.07) is 66.1. The van der Waals surface area contributed by atoms with Crippen LogP contribution in [0.1, 0.15) is 11.1 Å². The third-order valence-corrected chi connectivity index (χ3v) is 13.4. The third-order valence-electron chi connectivity index (χ3n) is 13.4. The van der Waals surface area contributed by atoms with Gasteiger partial charge in [-0.2, -0.15) is 0 Å². The molecule has 2 aliphatic rings. The van der Waals surface area contributed by atoms with Gasteiger partial charge in [-0.1, -0.05) is 115 Å². The summed E-state index contributed by atoms with van der Waals surface area (Å²) in [4.78, 5) is 0. The Hall–Kier alpha value is -7.96. The van der Waals surface area contributed by atoms with Gasteiger partial charge in [0, 0.05) is 61.3 Å². The van der Waals surface area contributed by atoms with E-state index in [1.807, 2.05) is 0 Å². The van der Waals surface area contributed by atoms with Gasteiger partial charge in [0.05, 0.1) is 38.8 Å². The molecule has 0 saturated carbocycles. The molecule has 6 heteroatoms. The molecule has 2 aliphatic heterocycles. The molecule has 0 fully saturated rings. The average molecular weight is 794 g/mol. The Labute approximate surface area is 357 Å². The molecular formula is C56H36BN3O2. The van der Waals surface area contributed by atoms with Crippen molar-refractivity contribution in [2.24, 2.45) is 0 Å². The maximum Gasteiger partial charge on any atom is 0.260 e. The number of ether oxygens (including phenoxy) is 2. The average Bonchev–Trinajstić information content (AvgIpc) is 3.95. The van der Waals surface area contributed by atoms with Crippen LogP contribution < -0.4 is 25.9 Å². The molecule has 0 atom stereocenters. The number of benzene rings is 9. The molecule has 5 heterocycles. The second kappa shape index (κ2) is 12.3. The van der Waals surface area contributed by atoms with Crippen molar-refractivity contribution in [1.29, 1.82) is 0 Å². The first-order valence-electron chi connectivity index (χ1n) is 21.4. The summed E-state index contributed by atoms with van der Waals surface area (Å²) in [5.74, 6) is 3.42. The highest BCUT2D eigenvalue weighted by atomic mass is 16.5. The van der Waals surface area contributed by atoms with E-state index >= 15 is 0 Å². The summed E-state index contributed by atoms with van der Waals surface area (Å²) >= 11 is 0. The standard InChI is InChI=1S/C56H36BN3O2/c1-33-25-27-41-46(29-33)61-48-31-37(32-49-53(48)57(41)42-28-26-34(2)30-47(42)62-49)60-45-24-14-11-21-40(45)52-55-50(38-19-9-12-22-43(38)58(55)35-15-5-3-6-16-35)54-51(56(52)60)39-20-10-13-23-44(39)59(54)36-17-7-4-8-18-36/h3-32H,1-2H3. The molecule has 12 aromatic rings. The van der Waals surface area contributed by atoms with E-state index in [1.54, 1.807) is 0 Å². The maximum atomic E-state index is 7.01. The summed E-state index contributed by atoms with van der Waals surface area (Å²) in [5, 5.41) is 7.21. The quantitative estimate of drug-likeness (QED) is 0.167. The molecule has 0 saturated heterocycles. The van der Waals surface area contributed by atoms with E-state index in [0.717, 1.165) is 89.6 Å². The fourth-order valence-corrected chi connectivity index (χ4v) is 10.9. The molecule has 0 radical (unpaired) electrons. The number of rotatable bonds is 3. The van der Waals surface area contributed by atoms with Crippen LogP contribution in [0.3, 0.4) is 0 Å². The lowest BCUT2D eigenvalue weighted by atomic mass is 9.35. The molecule has 9 aromatic carbocycles. The van der Waals surface area contributed by atoms with Crippen LogP contribution in [0, 0.1) is 13.8 Å². The van der Waals surface area contributed by atoms with Gasteiger partial charge in [-0.15, -0.1) is 0 Å². The zero-order valence-corrected chi connectivity index (χ0v) is 34.1. The van der Waals surface area contributed by atoms with Crippen molar-refractivity contribution in [2.75, 3.05) is 0 Å². The van der Waals surface area contributed by atoms with E-state index in [2.05, 4.69) is 210 Å². The molecule has 0 unspecified atom stereocenters. The van der Waals surface area contributed by atoms with Crippen molar-refractivity contribution in [3.05, 3.63) is 193 Å². The highest BCUT2D eigenvalue weighted by molar-refractivity contribution is 6.98. The van der Waals surface area contributed by atoms with Crippen LogP contribution >= 0.6 is 0 Å². The van der Waals surface area contributed by atoms with Gasteiger partial charge >= 0.3 is 0 Å². The van der Waals surface area contributed by atoms with Crippen LogP contribution in [-0.2, 0) is 0 Å². The first-order chi connectivity index (χ1) is 30.6. The summed E-state index contributed by atoms with van der Waals surface area (Å²) in [5.41, 5.74) is 15.9. The molecule has 5 nitrogen and oxygen atoms in total. The number of aryl methyl sites for hydroxylation is 2. The van der Waals surface area contributed by atoms with Crippen molar-refractivity contribution in [1.82, 2.24) is 13.7 Å². The van der Waals surface area contributed by atoms with Gasteiger partial charge in [-0.3, -0.25) is 0 Å². The van der Waals surface area contributed by atoms with Gasteiger partial charge in [0.25, 0.3) is 6.71 Å². The van der Waals surface area contributed by atoms with Crippen LogP contribution in [0.15, 0.2) is 182 Å². The van der Waals surface area contributed by atoms with E-state index in [1.165, 1.54) is 43.4 Å². The zero-order valence-electron chi connectivity index (χ0n) is 34.1. The van der Waals surface area contributed by atoms with E-state index in [4.69, 9.17) is 9.47 Å². The molecule has 0 bridgehead atoms. The first-order valence-corrected chi connectivity index (χ1v) is 21.4. The van der Waals surface area contributed by atoms with Gasteiger partial charge in [0.2, 0.25) is 0 Å². The number of aromatic nitrogens is 3. The van der Waals surface area contributed by atoms with Crippen LogP contribution in [-0.4, -0.2) is 20.4 Å². The molecule has 3 aromatic heterocycles. The van der Waals surface area contributed by atoms with Gasteiger partial charge < -0.3 is 23.2 Å². The van der Waals surface area contributed by atoms with E-state index in [-0.39, 0.29) is 6.71 Å². The summed E-state index contributed by atoms with van der Waals surface area (Å²) in [6.07, 6.45) is 0. The van der Waals surface area contributed by atoms with Crippen LogP contribution in [0.25, 0.3) is 82.5 Å². The molecule has 14 rings (SSSR count). The Morgan fingerprint density at radius 3 is 1.15 bits per heavy atom. The highest BCUT2D eigenvalue weighted by Gasteiger charge is 2.41. The lowest BCUT2D eigenvalue weighted by molar-refractivity contribution is 0.464. The molecule has 62 heavy (non-hydrogen) atoms. The van der Waals surface area contributed by atoms with E-state index in [9.17, 15) is 0 Å². The number of hydrogen-bond donors (Lipinski definition) is 0. The van der Waals surface area contributed by atoms with Crippen LogP contribution in [0.5, 0.6) is 23.0 Å². The molecule has 0 spiro atoms. The maximum absolute atomic E-state index is 7.01. The smallest absolute Gasteiger partial charge is 0.260 e. The van der Waals surface area contributed by atoms with Gasteiger partial charge in [0.15, 0.2) is 0 Å². The minimum absolute atomic E-state index is 0.0161. The second-order valence-corrected chi connectivity index (χ2v) is 17.0. The number of nitrogens with zero attached hydrogens (tertiary/aromatic N) is 3. The Morgan fingerprint density at radius 1 is 0.355 bits per heavy atom. The Balaban J connectivity index is 1.21. The van der Waals surface area contributed by atoms with E-state index < -0.39 is 0 Å². The topological polar surface area (TPSA) is 33.2 Å². The Kier molecular flexibility index (Phi) is 6.72. The van der Waals surface area contributed by atoms with Crippen molar-refractivity contribution in [2.45, 2.75) is 13.8 Å². The monoisotopic (exact) mass is 793 g/mol. The molecule has 0 N–H and O–H groups in total. The largest absolute Gasteiger partial charge is 0.458 e.